The summed E-state index contributed by atoms with van der Waals surface area (Å²) in [7, 11) is -0.609. The topological polar surface area (TPSA) is 55.8 Å². The van der Waals surface area contributed by atoms with Gasteiger partial charge >= 0.3 is 0 Å². The molecule has 0 unspecified atom stereocenters. The van der Waals surface area contributed by atoms with E-state index >= 15 is 0 Å². The minimum Gasteiger partial charge on any atom is -0.497 e. The maximum atomic E-state index is 13.3. The molecule has 1 saturated carbocycles. The van der Waals surface area contributed by atoms with E-state index in [1.165, 1.54) is 10.4 Å². The molecule has 0 radical (unpaired) electrons. The second-order valence-electron chi connectivity index (χ2n) is 6.03. The molecule has 5 nitrogen and oxygen atoms in total. The van der Waals surface area contributed by atoms with E-state index in [1.54, 1.807) is 44.6 Å². The van der Waals surface area contributed by atoms with Gasteiger partial charge in [-0.2, -0.15) is 4.31 Å². The normalized spacial score (nSPS) is 14.5. The molecule has 1 aliphatic carbocycles. The number of hydrogen-bond donors (Lipinski definition) is 0. The Morgan fingerprint density at radius 1 is 1.15 bits per heavy atom. The van der Waals surface area contributed by atoms with E-state index in [1.807, 2.05) is 0 Å². The monoisotopic (exact) mass is 459 g/mol. The predicted octanol–water partition coefficient (Wildman–Crippen LogP) is 4.47. The molecule has 2 aromatic rings. The van der Waals surface area contributed by atoms with Crippen LogP contribution in [0.25, 0.3) is 0 Å². The second-order valence-corrected chi connectivity index (χ2v) is 9.22. The van der Waals surface area contributed by atoms with Crippen LogP contribution in [0.4, 0.5) is 0 Å². The molecule has 0 bridgehead atoms. The zero-order chi connectivity index (χ0) is 18.9. The summed E-state index contributed by atoms with van der Waals surface area (Å²) in [5.74, 6) is 1.27. The Morgan fingerprint density at radius 2 is 1.88 bits per heavy atom. The molecule has 0 heterocycles. The zero-order valence-corrected chi connectivity index (χ0v) is 17.6. The summed E-state index contributed by atoms with van der Waals surface area (Å²) in [5, 5.41) is 0.197. The van der Waals surface area contributed by atoms with Crippen molar-refractivity contribution in [2.45, 2.75) is 30.3 Å². The standard InChI is InChI=1S/C18H19BrClNO4S/c1-24-15-6-7-17(25-2)12(9-15)11-21(14-4-5-14)26(22,23)18-8-3-13(19)10-16(18)20/h3,6-10,14H,4-5,11H2,1-2H3. The van der Waals surface area contributed by atoms with Crippen molar-refractivity contribution in [3.05, 3.63) is 51.5 Å². The highest BCUT2D eigenvalue weighted by atomic mass is 79.9. The van der Waals surface area contributed by atoms with Crippen molar-refractivity contribution in [3.63, 3.8) is 0 Å². The zero-order valence-electron chi connectivity index (χ0n) is 14.4. The van der Waals surface area contributed by atoms with Crippen molar-refractivity contribution in [2.75, 3.05) is 14.2 Å². The van der Waals surface area contributed by atoms with Gasteiger partial charge in [0.15, 0.2) is 0 Å². The lowest BCUT2D eigenvalue weighted by Crippen LogP contribution is -2.33. The average molecular weight is 461 g/mol. The third-order valence-electron chi connectivity index (χ3n) is 4.25. The van der Waals surface area contributed by atoms with Crippen LogP contribution in [0.3, 0.4) is 0 Å². The molecule has 0 atom stereocenters. The van der Waals surface area contributed by atoms with Gasteiger partial charge in [-0.3, -0.25) is 0 Å². The molecule has 26 heavy (non-hydrogen) atoms. The molecule has 0 amide bonds. The van der Waals surface area contributed by atoms with Crippen LogP contribution in [0, 0.1) is 0 Å². The molecule has 0 aromatic heterocycles. The Balaban J connectivity index is 2.00. The molecule has 0 saturated heterocycles. The molecule has 0 spiro atoms. The first-order valence-corrected chi connectivity index (χ1v) is 10.7. The molecule has 0 N–H and O–H groups in total. The van der Waals surface area contributed by atoms with E-state index < -0.39 is 10.0 Å². The molecule has 1 aliphatic rings. The number of methoxy groups -OCH3 is 2. The quantitative estimate of drug-likeness (QED) is 0.611. The van der Waals surface area contributed by atoms with Crippen LogP contribution < -0.4 is 9.47 Å². The van der Waals surface area contributed by atoms with E-state index in [0.29, 0.717) is 11.5 Å². The van der Waals surface area contributed by atoms with Crippen molar-refractivity contribution in [1.82, 2.24) is 4.31 Å². The summed E-state index contributed by atoms with van der Waals surface area (Å²) < 4.78 is 39.4. The van der Waals surface area contributed by atoms with Gasteiger partial charge < -0.3 is 9.47 Å². The number of nitrogens with zero attached hydrogens (tertiary/aromatic N) is 1. The van der Waals surface area contributed by atoms with Gasteiger partial charge in [0.05, 0.1) is 19.2 Å². The van der Waals surface area contributed by atoms with E-state index in [9.17, 15) is 8.42 Å². The van der Waals surface area contributed by atoms with Crippen molar-refractivity contribution in [1.29, 1.82) is 0 Å². The number of rotatable bonds is 7. The summed E-state index contributed by atoms with van der Waals surface area (Å²) in [6.45, 7) is 0.194. The van der Waals surface area contributed by atoms with Crippen LogP contribution in [-0.2, 0) is 16.6 Å². The van der Waals surface area contributed by atoms with E-state index in [0.717, 1.165) is 22.9 Å². The van der Waals surface area contributed by atoms with Crippen molar-refractivity contribution < 1.29 is 17.9 Å². The van der Waals surface area contributed by atoms with Gasteiger partial charge in [-0.25, -0.2) is 8.42 Å². The van der Waals surface area contributed by atoms with Crippen LogP contribution in [0.5, 0.6) is 11.5 Å². The first kappa shape index (κ1) is 19.5. The highest BCUT2D eigenvalue weighted by Gasteiger charge is 2.39. The van der Waals surface area contributed by atoms with Crippen LogP contribution in [-0.4, -0.2) is 33.0 Å². The van der Waals surface area contributed by atoms with Crippen LogP contribution in [0.2, 0.25) is 5.02 Å². The maximum absolute atomic E-state index is 13.3. The number of halogens is 2. The van der Waals surface area contributed by atoms with Crippen LogP contribution in [0.1, 0.15) is 18.4 Å². The minimum atomic E-state index is -3.74. The summed E-state index contributed by atoms with van der Waals surface area (Å²) in [4.78, 5) is 0.108. The Kier molecular flexibility index (Phi) is 5.81. The molecule has 8 heteroatoms. The largest absolute Gasteiger partial charge is 0.497 e. The van der Waals surface area contributed by atoms with Gasteiger partial charge in [0, 0.05) is 22.6 Å². The predicted molar refractivity (Wildman–Crippen MR) is 104 cm³/mol. The van der Waals surface area contributed by atoms with Gasteiger partial charge in [-0.1, -0.05) is 27.5 Å². The molecule has 0 aliphatic heterocycles. The summed E-state index contributed by atoms with van der Waals surface area (Å²) in [5.41, 5.74) is 0.746. The van der Waals surface area contributed by atoms with E-state index in [2.05, 4.69) is 15.9 Å². The third-order valence-corrected chi connectivity index (χ3v) is 7.12. The van der Waals surface area contributed by atoms with E-state index in [4.69, 9.17) is 21.1 Å². The highest BCUT2D eigenvalue weighted by Crippen LogP contribution is 2.38. The van der Waals surface area contributed by atoms with Gasteiger partial charge in [0.1, 0.15) is 16.4 Å². The van der Waals surface area contributed by atoms with Crippen molar-refractivity contribution in [3.8, 4) is 11.5 Å². The van der Waals surface area contributed by atoms with Crippen LogP contribution >= 0.6 is 27.5 Å². The summed E-state index contributed by atoms with van der Waals surface area (Å²) >= 11 is 9.52. The summed E-state index contributed by atoms with van der Waals surface area (Å²) in [6, 6.07) is 10.1. The van der Waals surface area contributed by atoms with Gasteiger partial charge in [0.25, 0.3) is 0 Å². The Morgan fingerprint density at radius 3 is 2.46 bits per heavy atom. The molecular weight excluding hydrogens is 442 g/mol. The smallest absolute Gasteiger partial charge is 0.245 e. The first-order chi connectivity index (χ1) is 12.4. The SMILES string of the molecule is COc1ccc(OC)c(CN(C2CC2)S(=O)(=O)c2ccc(Br)cc2Cl)c1. The fourth-order valence-corrected chi connectivity index (χ4v) is 5.43. The molecule has 3 rings (SSSR count). The lowest BCUT2D eigenvalue weighted by Gasteiger charge is -2.24. The average Bonchev–Trinajstić information content (AvgIpc) is 3.43. The van der Waals surface area contributed by atoms with Gasteiger partial charge in [-0.05, 0) is 49.2 Å². The van der Waals surface area contributed by atoms with Crippen molar-refractivity contribution >= 4 is 37.6 Å². The fraction of sp³-hybridized carbons (Fsp3) is 0.333. The Bertz CT molecular complexity index is 915. The number of ether oxygens (including phenoxy) is 2. The number of sulfonamides is 1. The maximum Gasteiger partial charge on any atom is 0.245 e. The van der Waals surface area contributed by atoms with Crippen molar-refractivity contribution in [2.24, 2.45) is 0 Å². The molecule has 1 fully saturated rings. The van der Waals surface area contributed by atoms with Gasteiger partial charge in [-0.15, -0.1) is 0 Å². The van der Waals surface area contributed by atoms with Gasteiger partial charge in [0.2, 0.25) is 10.0 Å². The third kappa shape index (κ3) is 4.01. The second kappa shape index (κ2) is 7.76. The molecular formula is C18H19BrClNO4S. The molecule has 2 aromatic carbocycles. The van der Waals surface area contributed by atoms with E-state index in [-0.39, 0.29) is 22.5 Å². The minimum absolute atomic E-state index is 0.0318. The summed E-state index contributed by atoms with van der Waals surface area (Å²) in [6.07, 6.45) is 1.67. The highest BCUT2D eigenvalue weighted by molar-refractivity contribution is 9.10. The number of benzene rings is 2. The molecule has 140 valence electrons. The fourth-order valence-electron chi connectivity index (χ4n) is 2.76. The van der Waals surface area contributed by atoms with Crippen LogP contribution in [0.15, 0.2) is 45.8 Å². The first-order valence-electron chi connectivity index (χ1n) is 8.04. The lowest BCUT2D eigenvalue weighted by atomic mass is 10.2. The Labute approximate surface area is 167 Å². The number of hydrogen-bond acceptors (Lipinski definition) is 4. The Hall–Kier alpha value is -1.28. The lowest BCUT2D eigenvalue weighted by molar-refractivity contribution is 0.369.